The zero-order valence-corrected chi connectivity index (χ0v) is 9.81. The van der Waals surface area contributed by atoms with Gasteiger partial charge in [-0.15, -0.1) is 6.42 Å². The van der Waals surface area contributed by atoms with Gasteiger partial charge in [0.25, 0.3) is 0 Å². The summed E-state index contributed by atoms with van der Waals surface area (Å²) in [6.07, 6.45) is 6.08. The Morgan fingerprint density at radius 3 is 2.65 bits per heavy atom. The highest BCUT2D eigenvalue weighted by molar-refractivity contribution is 5.83. The number of carbonyl (C=O) groups is 2. The van der Waals surface area contributed by atoms with Crippen LogP contribution in [0, 0.1) is 12.3 Å². The summed E-state index contributed by atoms with van der Waals surface area (Å²) in [5.74, 6) is 1.15. The van der Waals surface area contributed by atoms with Crippen LogP contribution in [-0.4, -0.2) is 35.2 Å². The largest absolute Gasteiger partial charge is 0.479 e. The topological polar surface area (TPSA) is 75.6 Å². The van der Waals surface area contributed by atoms with Crippen molar-refractivity contribution in [2.24, 2.45) is 0 Å². The summed E-state index contributed by atoms with van der Waals surface area (Å²) in [5, 5.41) is 11.4. The van der Waals surface area contributed by atoms with Gasteiger partial charge in [-0.3, -0.25) is 4.79 Å². The van der Waals surface area contributed by atoms with Gasteiger partial charge in [-0.25, -0.2) is 4.79 Å². The molecule has 17 heavy (non-hydrogen) atoms. The van der Waals surface area contributed by atoms with Crippen LogP contribution < -0.4 is 5.32 Å². The normalized spacial score (nSPS) is 24.9. The first-order valence-corrected chi connectivity index (χ1v) is 5.73. The van der Waals surface area contributed by atoms with Crippen molar-refractivity contribution in [1.82, 2.24) is 5.32 Å². The standard InChI is InChI=1S/C12H17NO4/c1-3-5-8(4-2)13-11(14)9-6-7-10(17-9)12(15)16/h2,8-10H,3,5-7H2,1H3,(H,13,14)(H,15,16)/t8?,9-,10+/m0/s1. The molecule has 1 rings (SSSR count). The first-order valence-electron chi connectivity index (χ1n) is 5.73. The van der Waals surface area contributed by atoms with E-state index in [9.17, 15) is 9.59 Å². The van der Waals surface area contributed by atoms with Crippen molar-refractivity contribution in [2.45, 2.75) is 50.9 Å². The van der Waals surface area contributed by atoms with Crippen LogP contribution in [0.2, 0.25) is 0 Å². The molecule has 0 saturated carbocycles. The highest BCUT2D eigenvalue weighted by atomic mass is 16.5. The van der Waals surface area contributed by atoms with Crippen LogP contribution in [0.1, 0.15) is 32.6 Å². The molecule has 94 valence electrons. The molecule has 1 aliphatic rings. The van der Waals surface area contributed by atoms with Crippen molar-refractivity contribution >= 4 is 11.9 Å². The van der Waals surface area contributed by atoms with Crippen molar-refractivity contribution in [2.75, 3.05) is 0 Å². The summed E-state index contributed by atoms with van der Waals surface area (Å²) < 4.78 is 5.13. The lowest BCUT2D eigenvalue weighted by molar-refractivity contribution is -0.151. The van der Waals surface area contributed by atoms with E-state index in [2.05, 4.69) is 11.2 Å². The van der Waals surface area contributed by atoms with Gasteiger partial charge in [-0.05, 0) is 19.3 Å². The van der Waals surface area contributed by atoms with E-state index in [0.29, 0.717) is 19.3 Å². The molecule has 0 aromatic carbocycles. The van der Waals surface area contributed by atoms with Gasteiger partial charge in [0.15, 0.2) is 6.10 Å². The van der Waals surface area contributed by atoms with E-state index in [0.717, 1.165) is 6.42 Å². The van der Waals surface area contributed by atoms with Crippen LogP contribution in [0.25, 0.3) is 0 Å². The molecule has 0 bridgehead atoms. The molecule has 1 unspecified atom stereocenters. The lowest BCUT2D eigenvalue weighted by atomic mass is 10.1. The number of aliphatic carboxylic acids is 1. The Hall–Kier alpha value is -1.54. The summed E-state index contributed by atoms with van der Waals surface area (Å²) in [5.41, 5.74) is 0. The van der Waals surface area contributed by atoms with E-state index in [1.54, 1.807) is 0 Å². The SMILES string of the molecule is C#CC(CCC)NC(=O)[C@@H]1CC[C@H](C(=O)O)O1. The van der Waals surface area contributed by atoms with Gasteiger partial charge in [0, 0.05) is 0 Å². The van der Waals surface area contributed by atoms with E-state index in [1.807, 2.05) is 6.92 Å². The lowest BCUT2D eigenvalue weighted by Crippen LogP contribution is -2.41. The van der Waals surface area contributed by atoms with Gasteiger partial charge in [-0.1, -0.05) is 19.3 Å². The molecule has 5 heteroatoms. The third kappa shape index (κ3) is 3.75. The van der Waals surface area contributed by atoms with Crippen LogP contribution in [-0.2, 0) is 14.3 Å². The summed E-state index contributed by atoms with van der Waals surface area (Å²) >= 11 is 0. The quantitative estimate of drug-likeness (QED) is 0.686. The third-order valence-electron chi connectivity index (χ3n) is 2.68. The molecule has 0 spiro atoms. The first-order chi connectivity index (χ1) is 8.08. The zero-order chi connectivity index (χ0) is 12.8. The number of terminal acetylenes is 1. The molecule has 0 aromatic rings. The summed E-state index contributed by atoms with van der Waals surface area (Å²) in [7, 11) is 0. The van der Waals surface area contributed by atoms with E-state index in [-0.39, 0.29) is 11.9 Å². The third-order valence-corrected chi connectivity index (χ3v) is 2.68. The number of hydrogen-bond donors (Lipinski definition) is 2. The van der Waals surface area contributed by atoms with E-state index >= 15 is 0 Å². The zero-order valence-electron chi connectivity index (χ0n) is 9.81. The molecule has 5 nitrogen and oxygen atoms in total. The maximum absolute atomic E-state index is 11.7. The number of ether oxygens (including phenoxy) is 1. The van der Waals surface area contributed by atoms with E-state index in [4.69, 9.17) is 16.3 Å². The number of amides is 1. The van der Waals surface area contributed by atoms with E-state index in [1.165, 1.54) is 0 Å². The average molecular weight is 239 g/mol. The van der Waals surface area contributed by atoms with Gasteiger partial charge in [-0.2, -0.15) is 0 Å². The number of carboxylic acid groups (broad SMARTS) is 1. The van der Waals surface area contributed by atoms with Crippen molar-refractivity contribution in [1.29, 1.82) is 0 Å². The number of carboxylic acids is 1. The van der Waals surface area contributed by atoms with Crippen molar-refractivity contribution < 1.29 is 19.4 Å². The second-order valence-electron chi connectivity index (χ2n) is 4.05. The first kappa shape index (κ1) is 13.5. The van der Waals surface area contributed by atoms with Gasteiger partial charge < -0.3 is 15.2 Å². The second-order valence-corrected chi connectivity index (χ2v) is 4.05. The molecule has 1 amide bonds. The summed E-state index contributed by atoms with van der Waals surface area (Å²) in [6.45, 7) is 1.98. The van der Waals surface area contributed by atoms with Crippen LogP contribution in [0.4, 0.5) is 0 Å². The van der Waals surface area contributed by atoms with E-state index < -0.39 is 18.2 Å². The second kappa shape index (κ2) is 6.26. The molecule has 1 aliphatic heterocycles. The fourth-order valence-electron chi connectivity index (χ4n) is 1.76. The predicted octanol–water partition coefficient (Wildman–Crippen LogP) is 0.537. The maximum atomic E-state index is 11.7. The average Bonchev–Trinajstić information content (AvgIpc) is 2.77. The van der Waals surface area contributed by atoms with Crippen LogP contribution in [0.3, 0.4) is 0 Å². The Morgan fingerprint density at radius 1 is 1.53 bits per heavy atom. The Morgan fingerprint density at radius 2 is 2.18 bits per heavy atom. The minimum Gasteiger partial charge on any atom is -0.479 e. The van der Waals surface area contributed by atoms with Crippen LogP contribution >= 0.6 is 0 Å². The highest BCUT2D eigenvalue weighted by Gasteiger charge is 2.35. The monoisotopic (exact) mass is 239 g/mol. The molecule has 1 fully saturated rings. The van der Waals surface area contributed by atoms with Gasteiger partial charge in [0.2, 0.25) is 5.91 Å². The smallest absolute Gasteiger partial charge is 0.332 e. The van der Waals surface area contributed by atoms with Crippen LogP contribution in [0.5, 0.6) is 0 Å². The van der Waals surface area contributed by atoms with Gasteiger partial charge >= 0.3 is 5.97 Å². The molecule has 2 N–H and O–H groups in total. The number of nitrogens with one attached hydrogen (secondary N) is 1. The molecule has 0 aliphatic carbocycles. The Bertz CT molecular complexity index is 334. The lowest BCUT2D eigenvalue weighted by Gasteiger charge is -2.15. The predicted molar refractivity (Wildman–Crippen MR) is 61.2 cm³/mol. The van der Waals surface area contributed by atoms with Crippen molar-refractivity contribution in [3.63, 3.8) is 0 Å². The molecular weight excluding hydrogens is 222 g/mol. The minimum absolute atomic E-state index is 0.306. The Kier molecular flexibility index (Phi) is 4.98. The molecule has 1 heterocycles. The summed E-state index contributed by atoms with van der Waals surface area (Å²) in [6, 6.07) is -0.306. The van der Waals surface area contributed by atoms with Crippen molar-refractivity contribution in [3.8, 4) is 12.3 Å². The maximum Gasteiger partial charge on any atom is 0.332 e. The van der Waals surface area contributed by atoms with Gasteiger partial charge in [0.05, 0.1) is 6.04 Å². The highest BCUT2D eigenvalue weighted by Crippen LogP contribution is 2.20. The fraction of sp³-hybridized carbons (Fsp3) is 0.667. The van der Waals surface area contributed by atoms with Crippen molar-refractivity contribution in [3.05, 3.63) is 0 Å². The molecule has 1 saturated heterocycles. The molecular formula is C12H17NO4. The minimum atomic E-state index is -1.03. The van der Waals surface area contributed by atoms with Crippen LogP contribution in [0.15, 0.2) is 0 Å². The fourth-order valence-corrected chi connectivity index (χ4v) is 1.76. The number of hydrogen-bond acceptors (Lipinski definition) is 3. The molecule has 0 aromatic heterocycles. The van der Waals surface area contributed by atoms with Gasteiger partial charge in [0.1, 0.15) is 6.10 Å². The number of carbonyl (C=O) groups excluding carboxylic acids is 1. The summed E-state index contributed by atoms with van der Waals surface area (Å²) in [4.78, 5) is 22.4. The molecule has 3 atom stereocenters. The Balaban J connectivity index is 2.44. The molecule has 0 radical (unpaired) electrons. The Labute approximate surface area is 101 Å². The number of rotatable bonds is 5.